The summed E-state index contributed by atoms with van der Waals surface area (Å²) < 4.78 is 1.65. The normalized spacial score (nSPS) is 10.9. The Balaban J connectivity index is 3.30. The van der Waals surface area contributed by atoms with Gasteiger partial charge in [0.1, 0.15) is 0 Å². The lowest BCUT2D eigenvalue weighted by Gasteiger charge is -2.09. The van der Waals surface area contributed by atoms with Crippen LogP contribution in [0.1, 0.15) is 19.4 Å². The van der Waals surface area contributed by atoms with Crippen molar-refractivity contribution in [2.45, 2.75) is 20.4 Å². The largest absolute Gasteiger partial charge is 0.315 e. The van der Waals surface area contributed by atoms with Gasteiger partial charge in [0.05, 0.1) is 18.4 Å². The fraction of sp³-hybridized carbons (Fsp3) is 0.364. The highest BCUT2D eigenvalue weighted by Gasteiger charge is 2.05. The Labute approximate surface area is 89.1 Å². The van der Waals surface area contributed by atoms with Gasteiger partial charge in [0, 0.05) is 12.7 Å². The van der Waals surface area contributed by atoms with Gasteiger partial charge < -0.3 is 4.57 Å². The van der Waals surface area contributed by atoms with Gasteiger partial charge in [0.2, 0.25) is 0 Å². The molecule has 0 aromatic carbocycles. The van der Waals surface area contributed by atoms with Crippen molar-refractivity contribution in [2.24, 2.45) is 0 Å². The molecular weight excluding hydrogens is 192 g/mol. The maximum Gasteiger partial charge on any atom is 0.259 e. The maximum atomic E-state index is 11.9. The number of aryl methyl sites for hydroxylation is 1. The molecule has 0 amide bonds. The molecule has 4 heteroatoms. The Bertz CT molecular complexity index is 408. The molecule has 1 heterocycles. The molecule has 0 unspecified atom stereocenters. The molecule has 0 saturated heterocycles. The summed E-state index contributed by atoms with van der Waals surface area (Å²) in [6.45, 7) is 4.47. The molecule has 0 aliphatic carbocycles. The van der Waals surface area contributed by atoms with Gasteiger partial charge in [0.15, 0.2) is 0 Å². The molecule has 82 valence electrons. The maximum absolute atomic E-state index is 11.9. The van der Waals surface area contributed by atoms with E-state index < -0.39 is 0 Å². The molecule has 1 aromatic heterocycles. The van der Waals surface area contributed by atoms with Gasteiger partial charge in [-0.1, -0.05) is 12.2 Å². The predicted octanol–water partition coefficient (Wildman–Crippen LogP) is 1.87. The number of pyridine rings is 1. The van der Waals surface area contributed by atoms with E-state index in [1.165, 1.54) is 7.11 Å². The van der Waals surface area contributed by atoms with Gasteiger partial charge in [-0.25, -0.2) is 0 Å². The SMILES string of the molecule is C/C=C\c1c(NOC)ccn(CC)c1=O. The number of hydrogen-bond donors (Lipinski definition) is 1. The third kappa shape index (κ3) is 2.47. The molecule has 0 aliphatic rings. The van der Waals surface area contributed by atoms with Crippen LogP contribution in [0.3, 0.4) is 0 Å². The van der Waals surface area contributed by atoms with Crippen LogP contribution in [-0.4, -0.2) is 11.7 Å². The van der Waals surface area contributed by atoms with Crippen LogP contribution < -0.4 is 11.0 Å². The first-order valence-electron chi connectivity index (χ1n) is 4.89. The summed E-state index contributed by atoms with van der Waals surface area (Å²) in [6.07, 6.45) is 5.35. The molecule has 15 heavy (non-hydrogen) atoms. The quantitative estimate of drug-likeness (QED) is 0.768. The first-order chi connectivity index (χ1) is 7.24. The first kappa shape index (κ1) is 11.5. The Morgan fingerprint density at radius 1 is 1.60 bits per heavy atom. The lowest BCUT2D eigenvalue weighted by Crippen LogP contribution is -2.22. The second kappa shape index (κ2) is 5.36. The highest BCUT2D eigenvalue weighted by atomic mass is 16.6. The summed E-state index contributed by atoms with van der Waals surface area (Å²) in [6, 6.07) is 1.82. The third-order valence-corrected chi connectivity index (χ3v) is 2.09. The highest BCUT2D eigenvalue weighted by molar-refractivity contribution is 5.64. The van der Waals surface area contributed by atoms with Crippen molar-refractivity contribution in [3.05, 3.63) is 34.3 Å². The Hall–Kier alpha value is -1.55. The number of aromatic nitrogens is 1. The summed E-state index contributed by atoms with van der Waals surface area (Å²) in [4.78, 5) is 16.7. The van der Waals surface area contributed by atoms with Gasteiger partial charge in [-0.05, 0) is 19.9 Å². The fourth-order valence-electron chi connectivity index (χ4n) is 1.37. The third-order valence-electron chi connectivity index (χ3n) is 2.09. The van der Waals surface area contributed by atoms with E-state index in [0.717, 1.165) is 0 Å². The summed E-state index contributed by atoms with van der Waals surface area (Å²) in [5, 5.41) is 0. The van der Waals surface area contributed by atoms with E-state index >= 15 is 0 Å². The van der Waals surface area contributed by atoms with E-state index in [9.17, 15) is 4.79 Å². The number of allylic oxidation sites excluding steroid dienone is 1. The zero-order valence-electron chi connectivity index (χ0n) is 9.28. The van der Waals surface area contributed by atoms with Crippen molar-refractivity contribution in [3.63, 3.8) is 0 Å². The molecule has 0 saturated carbocycles. The number of anilines is 1. The van der Waals surface area contributed by atoms with Crippen LogP contribution in [0.2, 0.25) is 0 Å². The predicted molar refractivity (Wildman–Crippen MR) is 61.7 cm³/mol. The minimum Gasteiger partial charge on any atom is -0.315 e. The van der Waals surface area contributed by atoms with Gasteiger partial charge in [-0.15, -0.1) is 0 Å². The number of nitrogens with one attached hydrogen (secondary N) is 1. The Morgan fingerprint density at radius 3 is 2.87 bits per heavy atom. The standard InChI is InChI=1S/C11H16N2O2/c1-4-6-9-10(12-15-3)7-8-13(5-2)11(9)14/h4,6-8,12H,5H2,1-3H3/b6-4-. The van der Waals surface area contributed by atoms with E-state index in [1.54, 1.807) is 16.8 Å². The lowest BCUT2D eigenvalue weighted by molar-refractivity contribution is 0.271. The summed E-state index contributed by atoms with van der Waals surface area (Å²) in [5.74, 6) is 0. The molecule has 1 aromatic rings. The van der Waals surface area contributed by atoms with Crippen LogP contribution in [0.4, 0.5) is 5.69 Å². The zero-order valence-corrected chi connectivity index (χ0v) is 9.28. The zero-order chi connectivity index (χ0) is 11.3. The molecule has 0 spiro atoms. The van der Waals surface area contributed by atoms with Crippen molar-refractivity contribution in [2.75, 3.05) is 12.6 Å². The van der Waals surface area contributed by atoms with E-state index in [0.29, 0.717) is 17.8 Å². The molecule has 0 radical (unpaired) electrons. The molecule has 1 N–H and O–H groups in total. The van der Waals surface area contributed by atoms with Crippen LogP contribution in [0.25, 0.3) is 6.08 Å². The van der Waals surface area contributed by atoms with Crippen LogP contribution in [0, 0.1) is 0 Å². The van der Waals surface area contributed by atoms with Crippen LogP contribution in [0.15, 0.2) is 23.1 Å². The summed E-state index contributed by atoms with van der Waals surface area (Å²) in [7, 11) is 1.52. The van der Waals surface area contributed by atoms with Crippen molar-refractivity contribution in [3.8, 4) is 0 Å². The second-order valence-electron chi connectivity index (χ2n) is 3.04. The van der Waals surface area contributed by atoms with Gasteiger partial charge in [-0.2, -0.15) is 0 Å². The number of rotatable bonds is 4. The van der Waals surface area contributed by atoms with E-state index in [2.05, 4.69) is 5.48 Å². The van der Waals surface area contributed by atoms with E-state index in [-0.39, 0.29) is 5.56 Å². The monoisotopic (exact) mass is 208 g/mol. The lowest BCUT2D eigenvalue weighted by atomic mass is 10.2. The Morgan fingerprint density at radius 2 is 2.33 bits per heavy atom. The molecule has 1 rings (SSSR count). The minimum atomic E-state index is -0.0161. The molecule has 0 bridgehead atoms. The fourth-order valence-corrected chi connectivity index (χ4v) is 1.37. The van der Waals surface area contributed by atoms with Gasteiger partial charge in [-0.3, -0.25) is 15.1 Å². The number of nitrogens with zero attached hydrogens (tertiary/aromatic N) is 1. The average molecular weight is 208 g/mol. The van der Waals surface area contributed by atoms with Gasteiger partial charge in [0.25, 0.3) is 5.56 Å². The minimum absolute atomic E-state index is 0.0161. The van der Waals surface area contributed by atoms with Crippen LogP contribution >= 0.6 is 0 Å². The number of hydrogen-bond acceptors (Lipinski definition) is 3. The van der Waals surface area contributed by atoms with Crippen molar-refractivity contribution >= 4 is 11.8 Å². The first-order valence-corrected chi connectivity index (χ1v) is 4.89. The molecule has 0 aliphatic heterocycles. The molecule has 0 fully saturated rings. The van der Waals surface area contributed by atoms with Crippen molar-refractivity contribution in [1.29, 1.82) is 0 Å². The van der Waals surface area contributed by atoms with E-state index in [4.69, 9.17) is 4.84 Å². The molecule has 4 nitrogen and oxygen atoms in total. The van der Waals surface area contributed by atoms with E-state index in [1.807, 2.05) is 26.0 Å². The summed E-state index contributed by atoms with van der Waals surface area (Å²) in [5.41, 5.74) is 3.97. The summed E-state index contributed by atoms with van der Waals surface area (Å²) >= 11 is 0. The van der Waals surface area contributed by atoms with Crippen molar-refractivity contribution in [1.82, 2.24) is 4.57 Å². The second-order valence-corrected chi connectivity index (χ2v) is 3.04. The highest BCUT2D eigenvalue weighted by Crippen LogP contribution is 2.12. The average Bonchev–Trinajstić information content (AvgIpc) is 2.24. The topological polar surface area (TPSA) is 43.3 Å². The molecular formula is C11H16N2O2. The Kier molecular flexibility index (Phi) is 4.12. The molecule has 0 atom stereocenters. The van der Waals surface area contributed by atoms with Crippen LogP contribution in [-0.2, 0) is 11.4 Å². The van der Waals surface area contributed by atoms with Crippen LogP contribution in [0.5, 0.6) is 0 Å². The van der Waals surface area contributed by atoms with Gasteiger partial charge >= 0.3 is 0 Å². The smallest absolute Gasteiger partial charge is 0.259 e. The van der Waals surface area contributed by atoms with Crippen molar-refractivity contribution < 1.29 is 4.84 Å².